The fourth-order valence-electron chi connectivity index (χ4n) is 1.56. The SMILES string of the molecule is Cc1cc2c(cc1F)NC(=O)C(C)(C)N2. The average molecular weight is 208 g/mol. The number of rotatable bonds is 0. The second-order valence-corrected chi connectivity index (χ2v) is 4.35. The molecule has 0 bridgehead atoms. The minimum Gasteiger partial charge on any atom is -0.370 e. The number of amides is 1. The van der Waals surface area contributed by atoms with E-state index in [4.69, 9.17) is 0 Å². The zero-order valence-corrected chi connectivity index (χ0v) is 8.94. The maximum absolute atomic E-state index is 13.2. The summed E-state index contributed by atoms with van der Waals surface area (Å²) in [6.07, 6.45) is 0. The standard InChI is InChI=1S/C11H13FN2O/c1-6-4-9-8(5-7(6)12)13-10(15)11(2,3)14-9/h4-5,14H,1-3H3,(H,13,15). The molecule has 15 heavy (non-hydrogen) atoms. The van der Waals surface area contributed by atoms with Crippen LogP contribution >= 0.6 is 0 Å². The zero-order valence-electron chi connectivity index (χ0n) is 8.94. The number of hydrogen-bond donors (Lipinski definition) is 2. The van der Waals surface area contributed by atoms with E-state index in [9.17, 15) is 9.18 Å². The molecule has 1 heterocycles. The van der Waals surface area contributed by atoms with Crippen LogP contribution < -0.4 is 10.6 Å². The third-order valence-electron chi connectivity index (χ3n) is 2.56. The van der Waals surface area contributed by atoms with Gasteiger partial charge in [0.25, 0.3) is 0 Å². The van der Waals surface area contributed by atoms with Crippen molar-refractivity contribution < 1.29 is 9.18 Å². The van der Waals surface area contributed by atoms with Gasteiger partial charge in [-0.15, -0.1) is 0 Å². The number of halogens is 1. The Balaban J connectivity index is 2.51. The lowest BCUT2D eigenvalue weighted by Gasteiger charge is -2.32. The molecule has 4 heteroatoms. The zero-order chi connectivity index (χ0) is 11.2. The number of aryl methyl sites for hydroxylation is 1. The highest BCUT2D eigenvalue weighted by molar-refractivity contribution is 6.05. The summed E-state index contributed by atoms with van der Waals surface area (Å²) >= 11 is 0. The maximum Gasteiger partial charge on any atom is 0.249 e. The van der Waals surface area contributed by atoms with Crippen LogP contribution in [-0.4, -0.2) is 11.4 Å². The number of anilines is 2. The molecular formula is C11H13FN2O. The quantitative estimate of drug-likeness (QED) is 0.686. The lowest BCUT2D eigenvalue weighted by atomic mass is 9.99. The van der Waals surface area contributed by atoms with E-state index in [1.54, 1.807) is 26.8 Å². The Kier molecular flexibility index (Phi) is 1.96. The molecule has 80 valence electrons. The number of benzene rings is 1. The van der Waals surface area contributed by atoms with Gasteiger partial charge in [0, 0.05) is 0 Å². The number of fused-ring (bicyclic) bond motifs is 1. The molecule has 0 spiro atoms. The first kappa shape index (κ1) is 9.96. The van der Waals surface area contributed by atoms with E-state index in [1.807, 2.05) is 0 Å². The molecule has 0 unspecified atom stereocenters. The molecule has 0 aliphatic carbocycles. The van der Waals surface area contributed by atoms with Crippen molar-refractivity contribution >= 4 is 17.3 Å². The molecule has 2 N–H and O–H groups in total. The smallest absolute Gasteiger partial charge is 0.249 e. The molecule has 1 aliphatic rings. The Morgan fingerprint density at radius 1 is 1.27 bits per heavy atom. The average Bonchev–Trinajstić information content (AvgIpc) is 2.11. The third-order valence-corrected chi connectivity index (χ3v) is 2.56. The predicted octanol–water partition coefficient (Wildman–Crippen LogP) is 2.28. The highest BCUT2D eigenvalue weighted by Crippen LogP contribution is 2.32. The largest absolute Gasteiger partial charge is 0.370 e. The number of carbonyl (C=O) groups excluding carboxylic acids is 1. The van der Waals surface area contributed by atoms with Crippen LogP contribution in [0.15, 0.2) is 12.1 Å². The Labute approximate surface area is 87.7 Å². The summed E-state index contributed by atoms with van der Waals surface area (Å²) in [7, 11) is 0. The number of hydrogen-bond acceptors (Lipinski definition) is 2. The highest BCUT2D eigenvalue weighted by Gasteiger charge is 2.33. The van der Waals surface area contributed by atoms with Crippen molar-refractivity contribution in [2.75, 3.05) is 10.6 Å². The van der Waals surface area contributed by atoms with E-state index >= 15 is 0 Å². The van der Waals surface area contributed by atoms with Crippen molar-refractivity contribution in [1.29, 1.82) is 0 Å². The van der Waals surface area contributed by atoms with Gasteiger partial charge in [-0.05, 0) is 38.5 Å². The first-order valence-corrected chi connectivity index (χ1v) is 4.80. The summed E-state index contributed by atoms with van der Waals surface area (Å²) in [5.41, 5.74) is 1.17. The molecule has 0 fully saturated rings. The van der Waals surface area contributed by atoms with Gasteiger partial charge < -0.3 is 10.6 Å². The Bertz CT molecular complexity index is 440. The van der Waals surface area contributed by atoms with Crippen molar-refractivity contribution in [3.05, 3.63) is 23.5 Å². The van der Waals surface area contributed by atoms with E-state index in [0.717, 1.165) is 5.69 Å². The molecule has 1 amide bonds. The Hall–Kier alpha value is -1.58. The summed E-state index contributed by atoms with van der Waals surface area (Å²) in [5.74, 6) is -0.464. The summed E-state index contributed by atoms with van der Waals surface area (Å²) in [5, 5.41) is 5.75. The third kappa shape index (κ3) is 1.56. The van der Waals surface area contributed by atoms with Gasteiger partial charge in [0.15, 0.2) is 0 Å². The van der Waals surface area contributed by atoms with Crippen molar-refractivity contribution in [3.63, 3.8) is 0 Å². The molecule has 1 aromatic carbocycles. The van der Waals surface area contributed by atoms with Gasteiger partial charge >= 0.3 is 0 Å². The molecular weight excluding hydrogens is 195 g/mol. The van der Waals surface area contributed by atoms with Crippen LogP contribution in [0.3, 0.4) is 0 Å². The molecule has 0 radical (unpaired) electrons. The minimum absolute atomic E-state index is 0.154. The van der Waals surface area contributed by atoms with Gasteiger partial charge in [0.05, 0.1) is 11.4 Å². The second-order valence-electron chi connectivity index (χ2n) is 4.35. The predicted molar refractivity (Wildman–Crippen MR) is 57.5 cm³/mol. The van der Waals surface area contributed by atoms with Crippen LogP contribution in [0.25, 0.3) is 0 Å². The van der Waals surface area contributed by atoms with Gasteiger partial charge in [-0.2, -0.15) is 0 Å². The molecule has 0 saturated heterocycles. The summed E-state index contributed by atoms with van der Waals surface area (Å²) in [6.45, 7) is 5.26. The van der Waals surface area contributed by atoms with Crippen molar-refractivity contribution in [1.82, 2.24) is 0 Å². The van der Waals surface area contributed by atoms with Crippen LogP contribution in [0.1, 0.15) is 19.4 Å². The van der Waals surface area contributed by atoms with Gasteiger partial charge in [0.1, 0.15) is 11.4 Å². The molecule has 1 aromatic rings. The van der Waals surface area contributed by atoms with Crippen LogP contribution in [0.5, 0.6) is 0 Å². The van der Waals surface area contributed by atoms with Crippen molar-refractivity contribution in [2.45, 2.75) is 26.3 Å². The number of carbonyl (C=O) groups is 1. The lowest BCUT2D eigenvalue weighted by molar-refractivity contribution is -0.119. The molecule has 0 saturated carbocycles. The molecule has 0 atom stereocenters. The van der Waals surface area contributed by atoms with E-state index in [1.165, 1.54) is 6.07 Å². The first-order chi connectivity index (χ1) is 6.90. The summed E-state index contributed by atoms with van der Waals surface area (Å²) in [4.78, 5) is 11.6. The fraction of sp³-hybridized carbons (Fsp3) is 0.364. The van der Waals surface area contributed by atoms with E-state index in [2.05, 4.69) is 10.6 Å². The first-order valence-electron chi connectivity index (χ1n) is 4.80. The van der Waals surface area contributed by atoms with E-state index in [0.29, 0.717) is 11.3 Å². The molecule has 1 aliphatic heterocycles. The second kappa shape index (κ2) is 2.95. The van der Waals surface area contributed by atoms with Crippen LogP contribution in [-0.2, 0) is 4.79 Å². The topological polar surface area (TPSA) is 41.1 Å². The Morgan fingerprint density at radius 2 is 1.93 bits per heavy atom. The maximum atomic E-state index is 13.2. The Morgan fingerprint density at radius 3 is 2.60 bits per heavy atom. The summed E-state index contributed by atoms with van der Waals surface area (Å²) < 4.78 is 13.2. The van der Waals surface area contributed by atoms with Gasteiger partial charge in [-0.25, -0.2) is 4.39 Å². The van der Waals surface area contributed by atoms with Crippen molar-refractivity contribution in [3.8, 4) is 0 Å². The molecule has 0 aromatic heterocycles. The molecule has 3 nitrogen and oxygen atoms in total. The normalized spacial score (nSPS) is 17.7. The minimum atomic E-state index is -0.655. The van der Waals surface area contributed by atoms with Gasteiger partial charge in [0.2, 0.25) is 5.91 Å². The van der Waals surface area contributed by atoms with Crippen LogP contribution in [0.4, 0.5) is 15.8 Å². The van der Waals surface area contributed by atoms with E-state index in [-0.39, 0.29) is 11.7 Å². The monoisotopic (exact) mass is 208 g/mol. The lowest BCUT2D eigenvalue weighted by Crippen LogP contribution is -2.47. The highest BCUT2D eigenvalue weighted by atomic mass is 19.1. The van der Waals surface area contributed by atoms with Crippen molar-refractivity contribution in [2.24, 2.45) is 0 Å². The molecule has 2 rings (SSSR count). The van der Waals surface area contributed by atoms with Crippen LogP contribution in [0, 0.1) is 12.7 Å². The fourth-order valence-corrected chi connectivity index (χ4v) is 1.56. The number of nitrogens with one attached hydrogen (secondary N) is 2. The van der Waals surface area contributed by atoms with E-state index < -0.39 is 5.54 Å². The van der Waals surface area contributed by atoms with Gasteiger partial charge in [-0.3, -0.25) is 4.79 Å². The van der Waals surface area contributed by atoms with Gasteiger partial charge in [-0.1, -0.05) is 0 Å². The van der Waals surface area contributed by atoms with Crippen LogP contribution in [0.2, 0.25) is 0 Å². The summed E-state index contributed by atoms with van der Waals surface area (Å²) in [6, 6.07) is 3.04.